The second-order valence-corrected chi connectivity index (χ2v) is 2.52. The van der Waals surface area contributed by atoms with Crippen LogP contribution in [0.4, 0.5) is 8.78 Å². The standard InChI is InChI=1S/C8H10F2N2/c1-5(12-11)8-6(9)3-2-4-7(8)10/h2-5,12H,11H2,1H3. The maximum Gasteiger partial charge on any atom is 0.130 e. The van der Waals surface area contributed by atoms with Gasteiger partial charge >= 0.3 is 0 Å². The third-order valence-corrected chi connectivity index (χ3v) is 1.68. The fraction of sp³-hybridized carbons (Fsp3) is 0.250. The molecule has 4 heteroatoms. The van der Waals surface area contributed by atoms with Crippen molar-refractivity contribution in [3.05, 3.63) is 35.4 Å². The SMILES string of the molecule is CC(NN)c1c(F)cccc1F. The zero-order chi connectivity index (χ0) is 9.14. The van der Waals surface area contributed by atoms with Crippen molar-refractivity contribution >= 4 is 0 Å². The van der Waals surface area contributed by atoms with Crippen molar-refractivity contribution in [1.82, 2.24) is 5.43 Å². The van der Waals surface area contributed by atoms with E-state index in [0.29, 0.717) is 0 Å². The highest BCUT2D eigenvalue weighted by molar-refractivity contribution is 5.22. The fourth-order valence-electron chi connectivity index (χ4n) is 1.01. The molecule has 1 aromatic rings. The van der Waals surface area contributed by atoms with Crippen LogP contribution in [0.25, 0.3) is 0 Å². The molecular weight excluding hydrogens is 162 g/mol. The monoisotopic (exact) mass is 172 g/mol. The van der Waals surface area contributed by atoms with Gasteiger partial charge < -0.3 is 0 Å². The van der Waals surface area contributed by atoms with Gasteiger partial charge in [0.2, 0.25) is 0 Å². The van der Waals surface area contributed by atoms with Gasteiger partial charge in [-0.3, -0.25) is 11.3 Å². The Kier molecular flexibility index (Phi) is 2.73. The molecule has 0 aliphatic carbocycles. The Morgan fingerprint density at radius 3 is 2.25 bits per heavy atom. The molecule has 66 valence electrons. The zero-order valence-corrected chi connectivity index (χ0v) is 6.64. The molecule has 1 aromatic carbocycles. The quantitative estimate of drug-likeness (QED) is 0.524. The Labute approximate surface area is 69.4 Å². The van der Waals surface area contributed by atoms with Crippen molar-refractivity contribution in [3.8, 4) is 0 Å². The highest BCUT2D eigenvalue weighted by atomic mass is 19.1. The van der Waals surface area contributed by atoms with Crippen molar-refractivity contribution in [2.45, 2.75) is 13.0 Å². The van der Waals surface area contributed by atoms with Crippen molar-refractivity contribution in [1.29, 1.82) is 0 Å². The first kappa shape index (κ1) is 9.09. The molecule has 0 amide bonds. The van der Waals surface area contributed by atoms with Gasteiger partial charge in [-0.1, -0.05) is 6.07 Å². The number of hydrogen-bond acceptors (Lipinski definition) is 2. The summed E-state index contributed by atoms with van der Waals surface area (Å²) in [4.78, 5) is 0. The van der Waals surface area contributed by atoms with Gasteiger partial charge in [-0.2, -0.15) is 0 Å². The number of hydrogen-bond donors (Lipinski definition) is 2. The molecule has 0 aromatic heterocycles. The molecule has 2 nitrogen and oxygen atoms in total. The predicted molar refractivity (Wildman–Crippen MR) is 42.1 cm³/mol. The van der Waals surface area contributed by atoms with Crippen molar-refractivity contribution < 1.29 is 8.78 Å². The summed E-state index contributed by atoms with van der Waals surface area (Å²) < 4.78 is 25.9. The van der Waals surface area contributed by atoms with E-state index >= 15 is 0 Å². The molecule has 0 aliphatic heterocycles. The summed E-state index contributed by atoms with van der Waals surface area (Å²) in [5, 5.41) is 0. The van der Waals surface area contributed by atoms with Gasteiger partial charge in [0.05, 0.1) is 0 Å². The van der Waals surface area contributed by atoms with Crippen molar-refractivity contribution in [2.75, 3.05) is 0 Å². The second-order valence-electron chi connectivity index (χ2n) is 2.52. The van der Waals surface area contributed by atoms with Crippen LogP contribution in [-0.2, 0) is 0 Å². The summed E-state index contributed by atoms with van der Waals surface area (Å²) in [6, 6.07) is 3.20. The lowest BCUT2D eigenvalue weighted by atomic mass is 10.1. The van der Waals surface area contributed by atoms with Crippen LogP contribution in [0.1, 0.15) is 18.5 Å². The maximum atomic E-state index is 13.0. The summed E-state index contributed by atoms with van der Waals surface area (Å²) in [5.41, 5.74) is 2.26. The first-order valence-corrected chi connectivity index (χ1v) is 3.57. The molecule has 0 radical (unpaired) electrons. The summed E-state index contributed by atoms with van der Waals surface area (Å²) in [5.74, 6) is 3.89. The Morgan fingerprint density at radius 2 is 1.83 bits per heavy atom. The smallest absolute Gasteiger partial charge is 0.130 e. The molecule has 1 rings (SSSR count). The van der Waals surface area contributed by atoms with Gasteiger partial charge in [-0.05, 0) is 19.1 Å². The second kappa shape index (κ2) is 3.60. The van der Waals surface area contributed by atoms with Gasteiger partial charge in [-0.15, -0.1) is 0 Å². The van der Waals surface area contributed by atoms with Gasteiger partial charge in [0.25, 0.3) is 0 Å². The minimum Gasteiger partial charge on any atom is -0.271 e. The van der Waals surface area contributed by atoms with E-state index in [1.165, 1.54) is 18.2 Å². The average molecular weight is 172 g/mol. The summed E-state index contributed by atoms with van der Waals surface area (Å²) in [6.45, 7) is 1.58. The van der Waals surface area contributed by atoms with Crippen LogP contribution < -0.4 is 11.3 Å². The summed E-state index contributed by atoms with van der Waals surface area (Å²) >= 11 is 0. The highest BCUT2D eigenvalue weighted by Crippen LogP contribution is 2.18. The van der Waals surface area contributed by atoms with Crippen molar-refractivity contribution in [2.24, 2.45) is 5.84 Å². The van der Waals surface area contributed by atoms with Crippen LogP contribution in [0.2, 0.25) is 0 Å². The largest absolute Gasteiger partial charge is 0.271 e. The maximum absolute atomic E-state index is 13.0. The molecule has 0 aliphatic rings. The van der Waals surface area contributed by atoms with Crippen LogP contribution in [0.5, 0.6) is 0 Å². The third kappa shape index (κ3) is 1.60. The van der Waals surface area contributed by atoms with Crippen LogP contribution in [0.15, 0.2) is 18.2 Å². The summed E-state index contributed by atoms with van der Waals surface area (Å²) in [7, 11) is 0. The van der Waals surface area contributed by atoms with Crippen LogP contribution in [0, 0.1) is 11.6 Å². The molecular formula is C8H10F2N2. The van der Waals surface area contributed by atoms with Gasteiger partial charge in [0, 0.05) is 11.6 Å². The van der Waals surface area contributed by atoms with E-state index in [0.717, 1.165) is 0 Å². The number of nitrogens with one attached hydrogen (secondary N) is 1. The molecule has 0 fully saturated rings. The molecule has 1 unspecified atom stereocenters. The topological polar surface area (TPSA) is 38.0 Å². The summed E-state index contributed by atoms with van der Waals surface area (Å²) in [6.07, 6.45) is 0. The van der Waals surface area contributed by atoms with Crippen LogP contribution in [0.3, 0.4) is 0 Å². The third-order valence-electron chi connectivity index (χ3n) is 1.68. The van der Waals surface area contributed by atoms with Gasteiger partial charge in [0.15, 0.2) is 0 Å². The van der Waals surface area contributed by atoms with Crippen molar-refractivity contribution in [3.63, 3.8) is 0 Å². The van der Waals surface area contributed by atoms with Gasteiger partial charge in [0.1, 0.15) is 11.6 Å². The number of hydrazine groups is 1. The number of benzene rings is 1. The lowest BCUT2D eigenvalue weighted by molar-refractivity contribution is 0.496. The molecule has 0 saturated heterocycles. The van der Waals surface area contributed by atoms with E-state index in [2.05, 4.69) is 5.43 Å². The lowest BCUT2D eigenvalue weighted by Gasteiger charge is -2.11. The number of nitrogens with two attached hydrogens (primary N) is 1. The molecule has 0 heterocycles. The normalized spacial score (nSPS) is 13.0. The highest BCUT2D eigenvalue weighted by Gasteiger charge is 2.13. The Morgan fingerprint density at radius 1 is 1.33 bits per heavy atom. The van der Waals surface area contributed by atoms with E-state index in [4.69, 9.17) is 5.84 Å². The van der Waals surface area contributed by atoms with E-state index in [1.54, 1.807) is 6.92 Å². The Balaban J connectivity index is 3.12. The van der Waals surface area contributed by atoms with Crippen LogP contribution in [-0.4, -0.2) is 0 Å². The van der Waals surface area contributed by atoms with E-state index in [9.17, 15) is 8.78 Å². The number of rotatable bonds is 2. The molecule has 0 spiro atoms. The molecule has 3 N–H and O–H groups in total. The zero-order valence-electron chi connectivity index (χ0n) is 6.64. The molecule has 12 heavy (non-hydrogen) atoms. The van der Waals surface area contributed by atoms with E-state index < -0.39 is 17.7 Å². The molecule has 1 atom stereocenters. The molecule has 0 bridgehead atoms. The first-order chi connectivity index (χ1) is 5.66. The Bertz CT molecular complexity index is 256. The fourth-order valence-corrected chi connectivity index (χ4v) is 1.01. The predicted octanol–water partition coefficient (Wildman–Crippen LogP) is 1.49. The average Bonchev–Trinajstić information content (AvgIpc) is 2.03. The van der Waals surface area contributed by atoms with Gasteiger partial charge in [-0.25, -0.2) is 8.78 Å². The minimum atomic E-state index is -0.583. The number of halogens is 2. The minimum absolute atomic E-state index is 0.0278. The van der Waals surface area contributed by atoms with E-state index in [1.807, 2.05) is 0 Å². The first-order valence-electron chi connectivity index (χ1n) is 3.57. The van der Waals surface area contributed by atoms with E-state index in [-0.39, 0.29) is 5.56 Å². The lowest BCUT2D eigenvalue weighted by Crippen LogP contribution is -2.27. The van der Waals surface area contributed by atoms with Crippen LogP contribution >= 0.6 is 0 Å². The molecule has 0 saturated carbocycles. The Hall–Kier alpha value is -1.00.